The van der Waals surface area contributed by atoms with Crippen LogP contribution in [0.15, 0.2) is 18.5 Å². The van der Waals surface area contributed by atoms with Gasteiger partial charge in [0.1, 0.15) is 5.56 Å². The van der Waals surface area contributed by atoms with Crippen LogP contribution in [-0.4, -0.2) is 28.1 Å². The summed E-state index contributed by atoms with van der Waals surface area (Å²) in [6.07, 6.45) is -3.16. The van der Waals surface area contributed by atoms with E-state index in [1.54, 1.807) is 0 Å². The lowest BCUT2D eigenvalue weighted by molar-refractivity contribution is -0.167. The van der Waals surface area contributed by atoms with E-state index in [1.165, 1.54) is 5.32 Å². The standard InChI is InChI=1S/C8H5F3N2O3/c9-8(10,11)7(16)13-5-1-2-12-3-4(5)6(14)15/h1-3H,(H,14,15)(H,12,13,16). The summed E-state index contributed by atoms with van der Waals surface area (Å²) in [5, 5.41) is 10.1. The number of carboxylic acid groups (broad SMARTS) is 1. The molecule has 0 spiro atoms. The second-order valence-corrected chi connectivity index (χ2v) is 2.68. The van der Waals surface area contributed by atoms with Gasteiger partial charge in [0.2, 0.25) is 0 Å². The highest BCUT2D eigenvalue weighted by Crippen LogP contribution is 2.20. The molecule has 0 aromatic carbocycles. The number of amides is 1. The molecule has 16 heavy (non-hydrogen) atoms. The molecule has 0 saturated heterocycles. The predicted octanol–water partition coefficient (Wildman–Crippen LogP) is 1.28. The van der Waals surface area contributed by atoms with Gasteiger partial charge in [0, 0.05) is 12.4 Å². The first-order chi connectivity index (χ1) is 7.32. The molecule has 0 radical (unpaired) electrons. The van der Waals surface area contributed by atoms with E-state index < -0.39 is 29.3 Å². The number of aromatic nitrogens is 1. The van der Waals surface area contributed by atoms with Gasteiger partial charge in [-0.2, -0.15) is 13.2 Å². The van der Waals surface area contributed by atoms with Gasteiger partial charge in [0.15, 0.2) is 0 Å². The Hall–Kier alpha value is -2.12. The van der Waals surface area contributed by atoms with Crippen LogP contribution < -0.4 is 5.32 Å². The van der Waals surface area contributed by atoms with Crippen molar-refractivity contribution in [3.63, 3.8) is 0 Å². The molecular formula is C8H5F3N2O3. The van der Waals surface area contributed by atoms with Gasteiger partial charge in [-0.3, -0.25) is 9.78 Å². The van der Waals surface area contributed by atoms with Gasteiger partial charge in [0.25, 0.3) is 0 Å². The molecule has 1 amide bonds. The highest BCUT2D eigenvalue weighted by atomic mass is 19.4. The van der Waals surface area contributed by atoms with Crippen LogP contribution in [0.3, 0.4) is 0 Å². The number of carboxylic acids is 1. The quantitative estimate of drug-likeness (QED) is 0.807. The zero-order valence-electron chi connectivity index (χ0n) is 7.58. The highest BCUT2D eigenvalue weighted by molar-refractivity contribution is 6.01. The van der Waals surface area contributed by atoms with Gasteiger partial charge >= 0.3 is 18.1 Å². The van der Waals surface area contributed by atoms with Crippen LogP contribution in [-0.2, 0) is 4.79 Å². The minimum atomic E-state index is -5.07. The molecule has 0 fully saturated rings. The number of hydrogen-bond donors (Lipinski definition) is 2. The lowest BCUT2D eigenvalue weighted by atomic mass is 10.2. The van der Waals surface area contributed by atoms with Crippen molar-refractivity contribution in [3.8, 4) is 0 Å². The van der Waals surface area contributed by atoms with Gasteiger partial charge in [0.05, 0.1) is 5.69 Å². The molecule has 0 aliphatic rings. The average molecular weight is 234 g/mol. The van der Waals surface area contributed by atoms with Crippen molar-refractivity contribution >= 4 is 17.6 Å². The number of pyridine rings is 1. The van der Waals surface area contributed by atoms with Crippen LogP contribution in [0.25, 0.3) is 0 Å². The minimum absolute atomic E-state index is 0.454. The molecular weight excluding hydrogens is 229 g/mol. The Labute approximate surface area is 86.9 Å². The predicted molar refractivity (Wildman–Crippen MR) is 45.9 cm³/mol. The van der Waals surface area contributed by atoms with E-state index in [9.17, 15) is 22.8 Å². The second-order valence-electron chi connectivity index (χ2n) is 2.68. The Kier molecular flexibility index (Phi) is 3.11. The van der Waals surface area contributed by atoms with E-state index in [0.29, 0.717) is 0 Å². The third-order valence-corrected chi connectivity index (χ3v) is 1.56. The van der Waals surface area contributed by atoms with E-state index in [0.717, 1.165) is 18.5 Å². The second kappa shape index (κ2) is 4.17. The van der Waals surface area contributed by atoms with Crippen LogP contribution in [0.4, 0.5) is 18.9 Å². The molecule has 0 saturated carbocycles. The van der Waals surface area contributed by atoms with Crippen molar-refractivity contribution in [2.24, 2.45) is 0 Å². The van der Waals surface area contributed by atoms with Crippen LogP contribution in [0.5, 0.6) is 0 Å². The zero-order chi connectivity index (χ0) is 12.3. The van der Waals surface area contributed by atoms with Gasteiger partial charge in [-0.25, -0.2) is 4.79 Å². The molecule has 1 heterocycles. The van der Waals surface area contributed by atoms with Crippen molar-refractivity contribution in [1.29, 1.82) is 0 Å². The summed E-state index contributed by atoms with van der Waals surface area (Å²) in [6.45, 7) is 0. The lowest BCUT2D eigenvalue weighted by Crippen LogP contribution is -2.30. The average Bonchev–Trinajstić information content (AvgIpc) is 2.16. The number of alkyl halides is 3. The summed E-state index contributed by atoms with van der Waals surface area (Å²) in [4.78, 5) is 24.6. The first kappa shape index (κ1) is 12.0. The molecule has 2 N–H and O–H groups in total. The van der Waals surface area contributed by atoms with Gasteiger partial charge in [-0.15, -0.1) is 0 Å². The van der Waals surface area contributed by atoms with E-state index in [-0.39, 0.29) is 0 Å². The molecule has 8 heteroatoms. The van der Waals surface area contributed by atoms with E-state index in [4.69, 9.17) is 5.11 Å². The van der Waals surface area contributed by atoms with Crippen LogP contribution in [0.2, 0.25) is 0 Å². The van der Waals surface area contributed by atoms with Crippen molar-refractivity contribution in [1.82, 2.24) is 4.98 Å². The summed E-state index contributed by atoms with van der Waals surface area (Å²) in [6, 6.07) is 0.965. The van der Waals surface area contributed by atoms with E-state index in [2.05, 4.69) is 4.98 Å². The maximum absolute atomic E-state index is 11.9. The topological polar surface area (TPSA) is 79.3 Å². The smallest absolute Gasteiger partial charge is 0.471 e. The number of rotatable bonds is 2. The fraction of sp³-hybridized carbons (Fsp3) is 0.125. The van der Waals surface area contributed by atoms with E-state index in [1.807, 2.05) is 0 Å². The monoisotopic (exact) mass is 234 g/mol. The molecule has 1 aromatic heterocycles. The summed E-state index contributed by atoms with van der Waals surface area (Å²) in [7, 11) is 0. The fourth-order valence-corrected chi connectivity index (χ4v) is 0.867. The number of carbonyl (C=O) groups excluding carboxylic acids is 1. The highest BCUT2D eigenvalue weighted by Gasteiger charge is 2.39. The number of aromatic carboxylic acids is 1. The Morgan fingerprint density at radius 2 is 2.00 bits per heavy atom. The van der Waals surface area contributed by atoms with Crippen LogP contribution in [0.1, 0.15) is 10.4 Å². The molecule has 0 aliphatic carbocycles. The summed E-state index contributed by atoms with van der Waals surface area (Å²) in [5.41, 5.74) is -0.968. The molecule has 86 valence electrons. The molecule has 1 aromatic rings. The number of nitrogens with zero attached hydrogens (tertiary/aromatic N) is 1. The Morgan fingerprint density at radius 1 is 1.38 bits per heavy atom. The maximum Gasteiger partial charge on any atom is 0.471 e. The molecule has 0 aliphatic heterocycles. The van der Waals surface area contributed by atoms with Gasteiger partial charge < -0.3 is 10.4 Å². The first-order valence-corrected chi connectivity index (χ1v) is 3.88. The third kappa shape index (κ3) is 2.69. The first-order valence-electron chi connectivity index (χ1n) is 3.88. The number of carbonyl (C=O) groups is 2. The minimum Gasteiger partial charge on any atom is -0.478 e. The van der Waals surface area contributed by atoms with Gasteiger partial charge in [-0.05, 0) is 6.07 Å². The molecule has 0 bridgehead atoms. The van der Waals surface area contributed by atoms with Gasteiger partial charge in [-0.1, -0.05) is 0 Å². The van der Waals surface area contributed by atoms with Crippen molar-refractivity contribution in [2.45, 2.75) is 6.18 Å². The number of anilines is 1. The number of hydrogen-bond acceptors (Lipinski definition) is 3. The number of nitrogens with one attached hydrogen (secondary N) is 1. The van der Waals surface area contributed by atoms with Crippen molar-refractivity contribution in [2.75, 3.05) is 5.32 Å². The molecule has 5 nitrogen and oxygen atoms in total. The molecule has 0 unspecified atom stereocenters. The normalized spacial score (nSPS) is 10.9. The lowest BCUT2D eigenvalue weighted by Gasteiger charge is -2.09. The van der Waals surface area contributed by atoms with Crippen LogP contribution in [0, 0.1) is 0 Å². The Balaban J connectivity index is 2.98. The van der Waals surface area contributed by atoms with E-state index >= 15 is 0 Å². The fourth-order valence-electron chi connectivity index (χ4n) is 0.867. The zero-order valence-corrected chi connectivity index (χ0v) is 7.58. The third-order valence-electron chi connectivity index (χ3n) is 1.56. The summed E-state index contributed by atoms with van der Waals surface area (Å²) < 4.78 is 35.7. The largest absolute Gasteiger partial charge is 0.478 e. The Morgan fingerprint density at radius 3 is 2.50 bits per heavy atom. The van der Waals surface area contributed by atoms with Crippen molar-refractivity contribution in [3.05, 3.63) is 24.0 Å². The van der Waals surface area contributed by atoms with Crippen LogP contribution >= 0.6 is 0 Å². The summed E-state index contributed by atoms with van der Waals surface area (Å²) >= 11 is 0. The number of halogens is 3. The van der Waals surface area contributed by atoms with Crippen molar-refractivity contribution < 1.29 is 27.9 Å². The molecule has 0 atom stereocenters. The molecule has 1 rings (SSSR count). The summed E-state index contributed by atoms with van der Waals surface area (Å²) in [5.74, 6) is -3.72. The SMILES string of the molecule is O=C(O)c1cnccc1NC(=O)C(F)(F)F. The maximum atomic E-state index is 11.9. The Bertz CT molecular complexity index is 431.